The number of rotatable bonds is 11. The quantitative estimate of drug-likeness (QED) is 0.480. The Morgan fingerprint density at radius 2 is 2.00 bits per heavy atom. The van der Waals surface area contributed by atoms with E-state index in [9.17, 15) is 9.50 Å². The summed E-state index contributed by atoms with van der Waals surface area (Å²) in [6.45, 7) is 6.32. The molecule has 0 saturated heterocycles. The number of halogens is 3. The molecule has 0 amide bonds. The van der Waals surface area contributed by atoms with E-state index in [1.54, 1.807) is 18.2 Å². The Bertz CT molecular complexity index is 926. The van der Waals surface area contributed by atoms with Gasteiger partial charge in [0, 0.05) is 38.2 Å². The molecule has 2 aromatic rings. The first-order chi connectivity index (χ1) is 15.3. The molecule has 0 radical (unpaired) electrons. The van der Waals surface area contributed by atoms with Crippen LogP contribution in [0.15, 0.2) is 47.6 Å². The van der Waals surface area contributed by atoms with Crippen LogP contribution in [0.3, 0.4) is 0 Å². The molecule has 0 spiro atoms. The maximum Gasteiger partial charge on any atom is 0.145 e. The molecule has 2 aromatic carbocycles. The number of hydrogen-bond acceptors (Lipinski definition) is 5. The molecule has 1 heterocycles. The molecule has 2 atom stereocenters. The van der Waals surface area contributed by atoms with Crippen molar-refractivity contribution in [3.63, 3.8) is 0 Å². The van der Waals surface area contributed by atoms with Gasteiger partial charge in [0.1, 0.15) is 11.9 Å². The standard InChI is InChI=1S/C24H29Cl2FN2O3/c1-16(2)14-31-15-20(30)12-29(11-17-4-3-5-19(27)8-17)13-21-10-24(28-32-21)18-6-7-22(25)23(26)9-18/h3-9,16,20-21,30H,10-15H2,1-2H3. The zero-order chi connectivity index (χ0) is 23.1. The molecule has 0 aromatic heterocycles. The Kier molecular flexibility index (Phi) is 9.32. The van der Waals surface area contributed by atoms with Gasteiger partial charge in [0.05, 0.1) is 28.5 Å². The van der Waals surface area contributed by atoms with Gasteiger partial charge in [-0.25, -0.2) is 4.39 Å². The van der Waals surface area contributed by atoms with Gasteiger partial charge in [-0.1, -0.05) is 60.4 Å². The van der Waals surface area contributed by atoms with Crippen LogP contribution in [0.25, 0.3) is 0 Å². The highest BCUT2D eigenvalue weighted by atomic mass is 35.5. The minimum absolute atomic E-state index is 0.197. The summed E-state index contributed by atoms with van der Waals surface area (Å²) in [5, 5.41) is 15.7. The van der Waals surface area contributed by atoms with Crippen molar-refractivity contribution in [1.82, 2.24) is 4.90 Å². The fourth-order valence-electron chi connectivity index (χ4n) is 3.55. The topological polar surface area (TPSA) is 54.3 Å². The Balaban J connectivity index is 1.62. The van der Waals surface area contributed by atoms with Crippen LogP contribution in [-0.4, -0.2) is 54.2 Å². The van der Waals surface area contributed by atoms with Crippen LogP contribution in [0.5, 0.6) is 0 Å². The van der Waals surface area contributed by atoms with Crippen molar-refractivity contribution < 1.29 is 19.1 Å². The zero-order valence-corrected chi connectivity index (χ0v) is 19.8. The van der Waals surface area contributed by atoms with Gasteiger partial charge in [0.15, 0.2) is 0 Å². The number of ether oxygens (including phenoxy) is 1. The first-order valence-corrected chi connectivity index (χ1v) is 11.5. The highest BCUT2D eigenvalue weighted by Crippen LogP contribution is 2.26. The molecule has 0 fully saturated rings. The van der Waals surface area contributed by atoms with Gasteiger partial charge >= 0.3 is 0 Å². The maximum absolute atomic E-state index is 13.7. The summed E-state index contributed by atoms with van der Waals surface area (Å²) in [5.41, 5.74) is 2.48. The van der Waals surface area contributed by atoms with Gasteiger partial charge in [0.25, 0.3) is 0 Å². The molecular formula is C24H29Cl2FN2O3. The molecule has 32 heavy (non-hydrogen) atoms. The number of oxime groups is 1. The largest absolute Gasteiger partial charge is 0.390 e. The molecule has 0 aliphatic carbocycles. The summed E-state index contributed by atoms with van der Waals surface area (Å²) < 4.78 is 19.3. The highest BCUT2D eigenvalue weighted by Gasteiger charge is 2.26. The SMILES string of the molecule is CC(C)COCC(O)CN(Cc1cccc(F)c1)CC1CC(c2ccc(Cl)c(Cl)c2)=NO1. The first kappa shape index (κ1) is 24.9. The number of benzene rings is 2. The minimum Gasteiger partial charge on any atom is -0.390 e. The van der Waals surface area contributed by atoms with Crippen LogP contribution < -0.4 is 0 Å². The Labute approximate surface area is 198 Å². The molecule has 3 rings (SSSR count). The molecule has 8 heteroatoms. The molecule has 0 saturated carbocycles. The molecule has 1 aliphatic heterocycles. The van der Waals surface area contributed by atoms with Gasteiger partial charge in [0.2, 0.25) is 0 Å². The zero-order valence-electron chi connectivity index (χ0n) is 18.3. The Morgan fingerprint density at radius 1 is 1.19 bits per heavy atom. The van der Waals surface area contributed by atoms with E-state index in [0.717, 1.165) is 16.8 Å². The number of aliphatic hydroxyl groups excluding tert-OH is 1. The molecule has 0 bridgehead atoms. The van der Waals surface area contributed by atoms with E-state index in [2.05, 4.69) is 19.0 Å². The van der Waals surface area contributed by atoms with Crippen molar-refractivity contribution in [2.45, 2.75) is 39.0 Å². The van der Waals surface area contributed by atoms with Crippen molar-refractivity contribution in [2.75, 3.05) is 26.3 Å². The third-order valence-electron chi connectivity index (χ3n) is 4.97. The molecule has 5 nitrogen and oxygen atoms in total. The van der Waals surface area contributed by atoms with Crippen molar-refractivity contribution >= 4 is 28.9 Å². The van der Waals surface area contributed by atoms with Crippen molar-refractivity contribution in [1.29, 1.82) is 0 Å². The van der Waals surface area contributed by atoms with Gasteiger partial charge in [-0.05, 0) is 35.7 Å². The summed E-state index contributed by atoms with van der Waals surface area (Å²) in [4.78, 5) is 7.70. The van der Waals surface area contributed by atoms with Crippen molar-refractivity contribution in [3.8, 4) is 0 Å². The van der Waals surface area contributed by atoms with E-state index in [4.69, 9.17) is 32.8 Å². The molecular weight excluding hydrogens is 454 g/mol. The fraction of sp³-hybridized carbons (Fsp3) is 0.458. The lowest BCUT2D eigenvalue weighted by Gasteiger charge is -2.27. The summed E-state index contributed by atoms with van der Waals surface area (Å²) in [5.74, 6) is 0.111. The van der Waals surface area contributed by atoms with Crippen LogP contribution in [-0.2, 0) is 16.1 Å². The number of hydrogen-bond donors (Lipinski definition) is 1. The van der Waals surface area contributed by atoms with Crippen LogP contribution >= 0.6 is 23.2 Å². The van der Waals surface area contributed by atoms with Crippen LogP contribution in [0.4, 0.5) is 4.39 Å². The Hall–Kier alpha value is -1.70. The van der Waals surface area contributed by atoms with Crippen LogP contribution in [0.1, 0.15) is 31.4 Å². The van der Waals surface area contributed by atoms with Crippen LogP contribution in [0.2, 0.25) is 10.0 Å². The predicted molar refractivity (Wildman–Crippen MR) is 126 cm³/mol. The van der Waals surface area contributed by atoms with Gasteiger partial charge in [-0.2, -0.15) is 0 Å². The van der Waals surface area contributed by atoms with Gasteiger partial charge < -0.3 is 14.7 Å². The normalized spacial score (nSPS) is 17.0. The Morgan fingerprint density at radius 3 is 2.72 bits per heavy atom. The second kappa shape index (κ2) is 12.0. The average Bonchev–Trinajstić information content (AvgIpc) is 3.18. The molecule has 2 unspecified atom stereocenters. The van der Waals surface area contributed by atoms with Crippen LogP contribution in [0, 0.1) is 11.7 Å². The van der Waals surface area contributed by atoms with Crippen molar-refractivity contribution in [2.24, 2.45) is 11.1 Å². The summed E-state index contributed by atoms with van der Waals surface area (Å²) in [7, 11) is 0. The molecule has 1 N–H and O–H groups in total. The number of aliphatic hydroxyl groups is 1. The fourth-order valence-corrected chi connectivity index (χ4v) is 3.85. The molecule has 1 aliphatic rings. The second-order valence-electron chi connectivity index (χ2n) is 8.51. The third-order valence-corrected chi connectivity index (χ3v) is 5.71. The van der Waals surface area contributed by atoms with E-state index >= 15 is 0 Å². The lowest BCUT2D eigenvalue weighted by molar-refractivity contribution is -0.00735. The van der Waals surface area contributed by atoms with E-state index < -0.39 is 6.10 Å². The summed E-state index contributed by atoms with van der Waals surface area (Å²) >= 11 is 12.1. The minimum atomic E-state index is -0.667. The lowest BCUT2D eigenvalue weighted by Crippen LogP contribution is -2.39. The first-order valence-electron chi connectivity index (χ1n) is 10.7. The average molecular weight is 483 g/mol. The van der Waals surface area contributed by atoms with Crippen molar-refractivity contribution in [3.05, 3.63) is 69.5 Å². The number of nitrogens with zero attached hydrogens (tertiary/aromatic N) is 2. The molecule has 174 valence electrons. The second-order valence-corrected chi connectivity index (χ2v) is 9.32. The lowest BCUT2D eigenvalue weighted by atomic mass is 10.0. The summed E-state index contributed by atoms with van der Waals surface area (Å²) in [6, 6.07) is 11.8. The third kappa shape index (κ3) is 7.71. The van der Waals surface area contributed by atoms with E-state index in [1.807, 2.05) is 17.0 Å². The monoisotopic (exact) mass is 482 g/mol. The van der Waals surface area contributed by atoms with Gasteiger partial charge in [-0.15, -0.1) is 0 Å². The predicted octanol–water partition coefficient (Wildman–Crippen LogP) is 5.16. The summed E-state index contributed by atoms with van der Waals surface area (Å²) in [6.07, 6.45) is -0.270. The highest BCUT2D eigenvalue weighted by molar-refractivity contribution is 6.42. The van der Waals surface area contributed by atoms with E-state index in [0.29, 0.717) is 48.6 Å². The van der Waals surface area contributed by atoms with Gasteiger partial charge in [-0.3, -0.25) is 4.90 Å². The van der Waals surface area contributed by atoms with E-state index in [1.165, 1.54) is 12.1 Å². The van der Waals surface area contributed by atoms with E-state index in [-0.39, 0.29) is 18.5 Å². The maximum atomic E-state index is 13.7. The smallest absolute Gasteiger partial charge is 0.145 e.